The Bertz CT molecular complexity index is 397. The number of aromatic nitrogens is 3. The van der Waals surface area contributed by atoms with E-state index in [0.717, 1.165) is 13.1 Å². The van der Waals surface area contributed by atoms with Crippen LogP contribution in [0.5, 0.6) is 6.01 Å². The van der Waals surface area contributed by atoms with Gasteiger partial charge in [0.2, 0.25) is 11.2 Å². The van der Waals surface area contributed by atoms with E-state index in [1.54, 1.807) is 0 Å². The molecule has 0 aliphatic carbocycles. The summed E-state index contributed by atoms with van der Waals surface area (Å²) in [6.45, 7) is 4.25. The minimum absolute atomic E-state index is 0.137. The molecule has 1 aromatic heterocycles. The second kappa shape index (κ2) is 6.15. The van der Waals surface area contributed by atoms with Crippen molar-refractivity contribution in [1.82, 2.24) is 20.3 Å². The van der Waals surface area contributed by atoms with Gasteiger partial charge in [0.25, 0.3) is 0 Å². The van der Waals surface area contributed by atoms with Gasteiger partial charge in [-0.05, 0) is 50.4 Å². The first-order valence-corrected chi connectivity index (χ1v) is 6.49. The molecular weight excluding hydrogens is 254 g/mol. The zero-order valence-corrected chi connectivity index (χ0v) is 11.4. The van der Waals surface area contributed by atoms with Crippen LogP contribution in [0.4, 0.5) is 5.95 Å². The fourth-order valence-corrected chi connectivity index (χ4v) is 2.27. The predicted molar refractivity (Wildman–Crippen MR) is 70.1 cm³/mol. The molecule has 2 unspecified atom stereocenters. The minimum Gasteiger partial charge on any atom is -0.467 e. The molecule has 1 aliphatic heterocycles. The van der Waals surface area contributed by atoms with E-state index in [9.17, 15) is 0 Å². The summed E-state index contributed by atoms with van der Waals surface area (Å²) in [6.07, 6.45) is 2.41. The van der Waals surface area contributed by atoms with Gasteiger partial charge < -0.3 is 15.4 Å². The molecule has 2 N–H and O–H groups in total. The molecule has 0 aromatic carbocycles. The monoisotopic (exact) mass is 271 g/mol. The van der Waals surface area contributed by atoms with Crippen LogP contribution in [0, 0.1) is 5.92 Å². The van der Waals surface area contributed by atoms with Crippen LogP contribution in [0.25, 0.3) is 0 Å². The van der Waals surface area contributed by atoms with E-state index in [-0.39, 0.29) is 17.3 Å². The van der Waals surface area contributed by atoms with Crippen LogP contribution in [0.3, 0.4) is 0 Å². The third-order valence-electron chi connectivity index (χ3n) is 3.17. The normalized spacial score (nSPS) is 21.4. The number of anilines is 1. The number of nitrogens with one attached hydrogen (secondary N) is 2. The van der Waals surface area contributed by atoms with Crippen molar-refractivity contribution in [3.63, 3.8) is 0 Å². The Morgan fingerprint density at radius 1 is 1.44 bits per heavy atom. The van der Waals surface area contributed by atoms with Crippen LogP contribution in [0.1, 0.15) is 19.8 Å². The molecule has 2 rings (SSSR count). The SMILES string of the molecule is COc1nc(Cl)nc(NC(C)C2CCCNC2)n1. The fourth-order valence-electron chi connectivity index (χ4n) is 2.11. The lowest BCUT2D eigenvalue weighted by Crippen LogP contribution is -2.39. The highest BCUT2D eigenvalue weighted by Crippen LogP contribution is 2.18. The van der Waals surface area contributed by atoms with Crippen molar-refractivity contribution in [2.45, 2.75) is 25.8 Å². The maximum Gasteiger partial charge on any atom is 0.322 e. The van der Waals surface area contributed by atoms with Crippen LogP contribution in [-0.2, 0) is 0 Å². The van der Waals surface area contributed by atoms with E-state index in [1.165, 1.54) is 20.0 Å². The molecule has 2 heterocycles. The summed E-state index contributed by atoms with van der Waals surface area (Å²) in [5.41, 5.74) is 0. The maximum absolute atomic E-state index is 5.80. The van der Waals surface area contributed by atoms with Crippen molar-refractivity contribution in [2.75, 3.05) is 25.5 Å². The Morgan fingerprint density at radius 2 is 2.28 bits per heavy atom. The number of rotatable bonds is 4. The Balaban J connectivity index is 2.01. The number of methoxy groups -OCH3 is 1. The number of piperidine rings is 1. The van der Waals surface area contributed by atoms with E-state index >= 15 is 0 Å². The summed E-state index contributed by atoms with van der Waals surface area (Å²) in [5, 5.41) is 6.79. The van der Waals surface area contributed by atoms with Crippen molar-refractivity contribution >= 4 is 17.5 Å². The lowest BCUT2D eigenvalue weighted by molar-refractivity contribution is 0.345. The van der Waals surface area contributed by atoms with Crippen molar-refractivity contribution in [2.24, 2.45) is 5.92 Å². The lowest BCUT2D eigenvalue weighted by Gasteiger charge is -2.28. The van der Waals surface area contributed by atoms with Gasteiger partial charge in [-0.25, -0.2) is 0 Å². The Morgan fingerprint density at radius 3 is 2.94 bits per heavy atom. The van der Waals surface area contributed by atoms with Crippen molar-refractivity contribution in [1.29, 1.82) is 0 Å². The predicted octanol–water partition coefficient (Wildman–Crippen LogP) is 1.33. The maximum atomic E-state index is 5.80. The van der Waals surface area contributed by atoms with E-state index in [4.69, 9.17) is 16.3 Å². The largest absolute Gasteiger partial charge is 0.467 e. The summed E-state index contributed by atoms with van der Waals surface area (Å²) < 4.78 is 4.96. The second-order valence-electron chi connectivity index (χ2n) is 4.45. The lowest BCUT2D eigenvalue weighted by atomic mass is 9.93. The molecule has 100 valence electrons. The van der Waals surface area contributed by atoms with Gasteiger partial charge in [-0.1, -0.05) is 0 Å². The van der Waals surface area contributed by atoms with Crippen LogP contribution in [0.15, 0.2) is 0 Å². The molecule has 0 amide bonds. The molecule has 0 saturated carbocycles. The summed E-state index contributed by atoms with van der Waals surface area (Å²) in [4.78, 5) is 12.0. The Kier molecular flexibility index (Phi) is 4.54. The number of hydrogen-bond donors (Lipinski definition) is 2. The van der Waals surface area contributed by atoms with Gasteiger partial charge in [0.15, 0.2) is 0 Å². The highest BCUT2D eigenvalue weighted by Gasteiger charge is 2.20. The Labute approximate surface area is 112 Å². The molecule has 1 fully saturated rings. The van der Waals surface area contributed by atoms with E-state index in [1.807, 2.05) is 0 Å². The van der Waals surface area contributed by atoms with Crippen molar-refractivity contribution in [3.05, 3.63) is 5.28 Å². The number of halogens is 1. The standard InChI is InChI=1S/C11H18ClN5O/c1-7(8-4-3-5-13-6-8)14-10-15-9(12)16-11(17-10)18-2/h7-8,13H,3-6H2,1-2H3,(H,14,15,16,17). The molecular formula is C11H18ClN5O. The zero-order valence-electron chi connectivity index (χ0n) is 10.6. The molecule has 0 spiro atoms. The number of hydrogen-bond acceptors (Lipinski definition) is 6. The number of ether oxygens (including phenoxy) is 1. The van der Waals surface area contributed by atoms with E-state index in [2.05, 4.69) is 32.5 Å². The molecule has 0 bridgehead atoms. The molecule has 7 heteroatoms. The van der Waals surface area contributed by atoms with Gasteiger partial charge >= 0.3 is 6.01 Å². The van der Waals surface area contributed by atoms with E-state index < -0.39 is 0 Å². The summed E-state index contributed by atoms with van der Waals surface area (Å²) in [5.74, 6) is 1.03. The molecule has 2 atom stereocenters. The second-order valence-corrected chi connectivity index (χ2v) is 4.79. The quantitative estimate of drug-likeness (QED) is 0.861. The summed E-state index contributed by atoms with van der Waals surface area (Å²) in [6, 6.07) is 0.507. The first-order chi connectivity index (χ1) is 8.69. The minimum atomic E-state index is 0.137. The van der Waals surface area contributed by atoms with Gasteiger partial charge in [-0.3, -0.25) is 0 Å². The highest BCUT2D eigenvalue weighted by atomic mass is 35.5. The third kappa shape index (κ3) is 3.43. The van der Waals surface area contributed by atoms with Gasteiger partial charge in [0.1, 0.15) is 0 Å². The summed E-state index contributed by atoms with van der Waals surface area (Å²) >= 11 is 5.80. The van der Waals surface area contributed by atoms with Crippen molar-refractivity contribution in [3.8, 4) is 6.01 Å². The smallest absolute Gasteiger partial charge is 0.322 e. The highest BCUT2D eigenvalue weighted by molar-refractivity contribution is 6.28. The Hall–Kier alpha value is -1.14. The van der Waals surface area contributed by atoms with Gasteiger partial charge in [-0.15, -0.1) is 0 Å². The molecule has 1 aliphatic rings. The van der Waals surface area contributed by atoms with E-state index in [0.29, 0.717) is 11.9 Å². The number of nitrogens with zero attached hydrogens (tertiary/aromatic N) is 3. The topological polar surface area (TPSA) is 72.0 Å². The molecule has 18 heavy (non-hydrogen) atoms. The molecule has 6 nitrogen and oxygen atoms in total. The molecule has 1 aromatic rings. The van der Waals surface area contributed by atoms with Crippen LogP contribution >= 0.6 is 11.6 Å². The zero-order chi connectivity index (χ0) is 13.0. The average molecular weight is 272 g/mol. The van der Waals surface area contributed by atoms with Gasteiger partial charge in [0.05, 0.1) is 7.11 Å². The van der Waals surface area contributed by atoms with Gasteiger partial charge in [-0.2, -0.15) is 15.0 Å². The molecule has 0 radical (unpaired) electrons. The summed E-state index contributed by atoms with van der Waals surface area (Å²) in [7, 11) is 1.50. The third-order valence-corrected chi connectivity index (χ3v) is 3.34. The molecule has 1 saturated heterocycles. The fraction of sp³-hybridized carbons (Fsp3) is 0.727. The van der Waals surface area contributed by atoms with Crippen LogP contribution < -0.4 is 15.4 Å². The van der Waals surface area contributed by atoms with Gasteiger partial charge in [0, 0.05) is 6.04 Å². The van der Waals surface area contributed by atoms with Crippen molar-refractivity contribution < 1.29 is 4.74 Å². The van der Waals surface area contributed by atoms with Crippen LogP contribution in [-0.4, -0.2) is 41.2 Å². The first kappa shape index (κ1) is 13.3. The van der Waals surface area contributed by atoms with Crippen LogP contribution in [0.2, 0.25) is 5.28 Å². The average Bonchev–Trinajstić information content (AvgIpc) is 2.39. The first-order valence-electron chi connectivity index (χ1n) is 6.12.